The smallest absolute Gasteiger partial charge is 0.248 e. The van der Waals surface area contributed by atoms with E-state index >= 15 is 0 Å². The maximum atomic E-state index is 12.7. The van der Waals surface area contributed by atoms with Crippen LogP contribution in [0.3, 0.4) is 0 Å². The Bertz CT molecular complexity index is 518. The molecule has 1 aromatic heterocycles. The summed E-state index contributed by atoms with van der Waals surface area (Å²) < 4.78 is 5.13. The van der Waals surface area contributed by atoms with Crippen LogP contribution in [0.5, 0.6) is 0 Å². The van der Waals surface area contributed by atoms with Crippen molar-refractivity contribution in [3.63, 3.8) is 0 Å². The van der Waals surface area contributed by atoms with Crippen LogP contribution in [0.1, 0.15) is 43.7 Å². The van der Waals surface area contributed by atoms with Gasteiger partial charge in [0.2, 0.25) is 11.8 Å². The number of nitrogens with one attached hydrogen (secondary N) is 1. The first-order valence-electron chi connectivity index (χ1n) is 6.89. The van der Waals surface area contributed by atoms with Gasteiger partial charge in [-0.25, -0.2) is 0 Å². The number of rotatable bonds is 3. The molecule has 1 N–H and O–H groups in total. The van der Waals surface area contributed by atoms with Gasteiger partial charge >= 0.3 is 0 Å². The predicted molar refractivity (Wildman–Crippen MR) is 72.8 cm³/mol. The van der Waals surface area contributed by atoms with Crippen LogP contribution >= 0.6 is 0 Å². The topological polar surface area (TPSA) is 75.4 Å². The van der Waals surface area contributed by atoms with E-state index in [4.69, 9.17) is 4.52 Å². The minimum atomic E-state index is -0.827. The molecule has 1 saturated heterocycles. The molecular formula is C14H21N3O3. The van der Waals surface area contributed by atoms with Crippen LogP contribution < -0.4 is 5.32 Å². The van der Waals surface area contributed by atoms with E-state index in [-0.39, 0.29) is 11.8 Å². The maximum Gasteiger partial charge on any atom is 0.248 e. The third-order valence-corrected chi connectivity index (χ3v) is 4.02. The molecule has 1 atom stereocenters. The predicted octanol–water partition coefficient (Wildman–Crippen LogP) is 1.31. The minimum absolute atomic E-state index is 0.0501. The first kappa shape index (κ1) is 14.6. The SMILES string of the molecule is CCC1(C)NC(=O)CCN(Cc2c(C)noc2C)C1=O. The average molecular weight is 279 g/mol. The Hall–Kier alpha value is -1.85. The fourth-order valence-corrected chi connectivity index (χ4v) is 2.42. The van der Waals surface area contributed by atoms with Crippen molar-refractivity contribution in [2.24, 2.45) is 0 Å². The highest BCUT2D eigenvalue weighted by molar-refractivity contribution is 5.93. The van der Waals surface area contributed by atoms with Gasteiger partial charge in [-0.1, -0.05) is 12.1 Å². The third kappa shape index (κ3) is 2.55. The molecule has 1 unspecified atom stereocenters. The zero-order valence-corrected chi connectivity index (χ0v) is 12.4. The highest BCUT2D eigenvalue weighted by Crippen LogP contribution is 2.22. The number of carbonyl (C=O) groups excluding carboxylic acids is 2. The number of hydrogen-bond acceptors (Lipinski definition) is 4. The Morgan fingerprint density at radius 2 is 2.10 bits per heavy atom. The lowest BCUT2D eigenvalue weighted by Crippen LogP contribution is -2.54. The van der Waals surface area contributed by atoms with E-state index in [1.54, 1.807) is 11.8 Å². The van der Waals surface area contributed by atoms with Crippen molar-refractivity contribution in [2.75, 3.05) is 6.54 Å². The molecule has 1 fully saturated rings. The van der Waals surface area contributed by atoms with Gasteiger partial charge in [0.1, 0.15) is 11.3 Å². The zero-order valence-electron chi connectivity index (χ0n) is 12.4. The molecule has 6 heteroatoms. The lowest BCUT2D eigenvalue weighted by molar-refractivity contribution is -0.138. The van der Waals surface area contributed by atoms with E-state index in [1.165, 1.54) is 0 Å². The molecule has 20 heavy (non-hydrogen) atoms. The Morgan fingerprint density at radius 3 is 2.65 bits per heavy atom. The van der Waals surface area contributed by atoms with Gasteiger partial charge in [-0.2, -0.15) is 0 Å². The Morgan fingerprint density at radius 1 is 1.40 bits per heavy atom. The molecule has 0 spiro atoms. The quantitative estimate of drug-likeness (QED) is 0.905. The van der Waals surface area contributed by atoms with Gasteiger partial charge in [0.15, 0.2) is 0 Å². The lowest BCUT2D eigenvalue weighted by atomic mass is 9.97. The van der Waals surface area contributed by atoms with Crippen molar-refractivity contribution < 1.29 is 14.1 Å². The van der Waals surface area contributed by atoms with Gasteiger partial charge in [-0.15, -0.1) is 0 Å². The minimum Gasteiger partial charge on any atom is -0.361 e. The molecule has 1 aromatic rings. The van der Waals surface area contributed by atoms with Gasteiger partial charge in [0.25, 0.3) is 0 Å². The van der Waals surface area contributed by atoms with E-state index < -0.39 is 5.54 Å². The average Bonchev–Trinajstić information content (AvgIpc) is 2.67. The Balaban J connectivity index is 2.26. The molecule has 2 rings (SSSR count). The monoisotopic (exact) mass is 279 g/mol. The molecule has 0 radical (unpaired) electrons. The summed E-state index contributed by atoms with van der Waals surface area (Å²) in [5, 5.41) is 6.73. The summed E-state index contributed by atoms with van der Waals surface area (Å²) in [4.78, 5) is 26.1. The lowest BCUT2D eigenvalue weighted by Gasteiger charge is -2.31. The number of aryl methyl sites for hydroxylation is 2. The fourth-order valence-electron chi connectivity index (χ4n) is 2.42. The molecule has 1 aliphatic rings. The molecule has 6 nitrogen and oxygen atoms in total. The van der Waals surface area contributed by atoms with E-state index in [2.05, 4.69) is 10.5 Å². The largest absolute Gasteiger partial charge is 0.361 e. The molecule has 0 saturated carbocycles. The van der Waals surface area contributed by atoms with Gasteiger partial charge in [0.05, 0.1) is 12.2 Å². The number of amides is 2. The molecule has 2 amide bonds. The molecule has 1 aliphatic heterocycles. The van der Waals surface area contributed by atoms with Crippen LogP contribution in [0.15, 0.2) is 4.52 Å². The van der Waals surface area contributed by atoms with Crippen molar-refractivity contribution in [1.82, 2.24) is 15.4 Å². The second-order valence-electron chi connectivity index (χ2n) is 5.51. The second kappa shape index (κ2) is 5.26. The zero-order chi connectivity index (χ0) is 14.9. The Labute approximate surface area is 118 Å². The molecule has 0 aliphatic carbocycles. The van der Waals surface area contributed by atoms with Crippen molar-refractivity contribution in [1.29, 1.82) is 0 Å². The highest BCUT2D eigenvalue weighted by atomic mass is 16.5. The molecule has 2 heterocycles. The first-order chi connectivity index (χ1) is 9.37. The van der Waals surface area contributed by atoms with Crippen LogP contribution in [0.4, 0.5) is 0 Å². The van der Waals surface area contributed by atoms with E-state index in [9.17, 15) is 9.59 Å². The van der Waals surface area contributed by atoms with Crippen LogP contribution in [0, 0.1) is 13.8 Å². The molecule has 110 valence electrons. The summed E-state index contributed by atoms with van der Waals surface area (Å²) in [6.45, 7) is 8.22. The van der Waals surface area contributed by atoms with Gasteiger partial charge in [0, 0.05) is 18.5 Å². The third-order valence-electron chi connectivity index (χ3n) is 4.02. The van der Waals surface area contributed by atoms with Gasteiger partial charge < -0.3 is 14.7 Å². The van der Waals surface area contributed by atoms with Crippen molar-refractivity contribution in [3.8, 4) is 0 Å². The summed E-state index contributed by atoms with van der Waals surface area (Å²) in [7, 11) is 0. The summed E-state index contributed by atoms with van der Waals surface area (Å²) in [5.41, 5.74) is 0.884. The summed E-state index contributed by atoms with van der Waals surface area (Å²) >= 11 is 0. The number of carbonyl (C=O) groups is 2. The number of nitrogens with zero attached hydrogens (tertiary/aromatic N) is 2. The molecule has 0 bridgehead atoms. The maximum absolute atomic E-state index is 12.7. The summed E-state index contributed by atoms with van der Waals surface area (Å²) in [6, 6.07) is 0. The van der Waals surface area contributed by atoms with Gasteiger partial charge in [-0.05, 0) is 27.2 Å². The van der Waals surface area contributed by atoms with Gasteiger partial charge in [-0.3, -0.25) is 9.59 Å². The summed E-state index contributed by atoms with van der Waals surface area (Å²) in [6.07, 6.45) is 0.889. The van der Waals surface area contributed by atoms with E-state index in [1.807, 2.05) is 20.8 Å². The molecule has 0 aromatic carbocycles. The standard InChI is InChI=1S/C14H21N3O3/c1-5-14(4)13(19)17(7-6-12(18)15-14)8-11-9(2)16-20-10(11)3/h5-8H2,1-4H3,(H,15,18). The van der Waals surface area contributed by atoms with Crippen molar-refractivity contribution in [3.05, 3.63) is 17.0 Å². The normalized spacial score (nSPS) is 23.7. The van der Waals surface area contributed by atoms with Crippen molar-refractivity contribution in [2.45, 2.75) is 52.6 Å². The van der Waals surface area contributed by atoms with Crippen molar-refractivity contribution >= 4 is 11.8 Å². The highest BCUT2D eigenvalue weighted by Gasteiger charge is 2.39. The van der Waals surface area contributed by atoms with Crippen LogP contribution in [-0.2, 0) is 16.1 Å². The van der Waals surface area contributed by atoms with E-state index in [0.29, 0.717) is 25.9 Å². The Kier molecular flexibility index (Phi) is 3.83. The van der Waals surface area contributed by atoms with Crippen LogP contribution in [0.2, 0.25) is 0 Å². The number of aromatic nitrogens is 1. The second-order valence-corrected chi connectivity index (χ2v) is 5.51. The summed E-state index contributed by atoms with van der Waals surface area (Å²) in [5.74, 6) is 0.590. The van der Waals surface area contributed by atoms with Crippen LogP contribution in [-0.4, -0.2) is 34.0 Å². The van der Waals surface area contributed by atoms with Crippen LogP contribution in [0.25, 0.3) is 0 Å². The van der Waals surface area contributed by atoms with E-state index in [0.717, 1.165) is 17.0 Å². The fraction of sp³-hybridized carbons (Fsp3) is 0.643. The molecular weight excluding hydrogens is 258 g/mol. The number of hydrogen-bond donors (Lipinski definition) is 1. The first-order valence-corrected chi connectivity index (χ1v) is 6.89.